The van der Waals surface area contributed by atoms with E-state index in [9.17, 15) is 18.0 Å². The second-order valence-corrected chi connectivity index (χ2v) is 8.30. The molecule has 164 valence electrons. The smallest absolute Gasteiger partial charge is 0.416 e. The number of carboxylic acid groups (broad SMARTS) is 1. The highest BCUT2D eigenvalue weighted by Crippen LogP contribution is 2.37. The lowest BCUT2D eigenvalue weighted by Gasteiger charge is -2.43. The molecular weight excluding hydrogens is 383 g/mol. The summed E-state index contributed by atoms with van der Waals surface area (Å²) in [4.78, 5) is 13.5. The van der Waals surface area contributed by atoms with Crippen LogP contribution in [-0.2, 0) is 15.7 Å². The van der Waals surface area contributed by atoms with Gasteiger partial charge in [0.25, 0.3) is 0 Å². The number of alkyl halides is 3. The Balaban J connectivity index is 2.28. The summed E-state index contributed by atoms with van der Waals surface area (Å²) in [6.07, 6.45) is -2.41. The van der Waals surface area contributed by atoms with Gasteiger partial charge in [0.05, 0.1) is 24.7 Å². The molecule has 0 radical (unpaired) electrons. The Kier molecular flexibility index (Phi) is 8.52. The zero-order valence-electron chi connectivity index (χ0n) is 17.4. The average molecular weight is 415 g/mol. The quantitative estimate of drug-likeness (QED) is 0.604. The summed E-state index contributed by atoms with van der Waals surface area (Å²) in [7, 11) is 0. The van der Waals surface area contributed by atoms with Crippen molar-refractivity contribution in [3.63, 3.8) is 0 Å². The fourth-order valence-corrected chi connectivity index (χ4v) is 3.99. The minimum atomic E-state index is -4.37. The number of rotatable bonds is 9. The Morgan fingerprint density at radius 2 is 1.90 bits per heavy atom. The molecule has 1 heterocycles. The molecular formula is C22H32F3NO3. The Labute approximate surface area is 171 Å². The number of hydrogen-bond donors (Lipinski definition) is 1. The van der Waals surface area contributed by atoms with Crippen LogP contribution in [0.2, 0.25) is 0 Å². The summed E-state index contributed by atoms with van der Waals surface area (Å²) < 4.78 is 44.7. The standard InChI is InChI=1S/C22H32F3NO3/c1-4-10-26(11-9-15(2)3)20-14-29-18(13-21(27)28)12-19(20)16-5-7-17(8-6-16)22(23,24)25/h5-8,15,18-20H,4,9-14H2,1-3H3,(H,27,28)/t18-,19+,20-/m1/s1. The van der Waals surface area contributed by atoms with Gasteiger partial charge in [0.15, 0.2) is 0 Å². The summed E-state index contributed by atoms with van der Waals surface area (Å²) in [5.74, 6) is -0.443. The van der Waals surface area contributed by atoms with Crippen LogP contribution in [0.5, 0.6) is 0 Å². The summed E-state index contributed by atoms with van der Waals surface area (Å²) >= 11 is 0. The Bertz CT molecular complexity index is 646. The van der Waals surface area contributed by atoms with Crippen LogP contribution in [0.15, 0.2) is 24.3 Å². The molecule has 1 N–H and O–H groups in total. The molecule has 29 heavy (non-hydrogen) atoms. The van der Waals surface area contributed by atoms with E-state index in [0.29, 0.717) is 18.9 Å². The molecule has 3 atom stereocenters. The van der Waals surface area contributed by atoms with Gasteiger partial charge in [-0.3, -0.25) is 9.69 Å². The summed E-state index contributed by atoms with van der Waals surface area (Å²) in [6, 6.07) is 5.33. The normalized spacial score (nSPS) is 23.0. The first-order valence-corrected chi connectivity index (χ1v) is 10.4. The van der Waals surface area contributed by atoms with E-state index in [1.165, 1.54) is 12.1 Å². The van der Waals surface area contributed by atoms with Gasteiger partial charge < -0.3 is 9.84 Å². The maximum atomic E-state index is 13.0. The lowest BCUT2D eigenvalue weighted by atomic mass is 9.82. The number of halogens is 3. The molecule has 1 saturated heterocycles. The van der Waals surface area contributed by atoms with E-state index >= 15 is 0 Å². The predicted octanol–water partition coefficient (Wildman–Crippen LogP) is 5.18. The topological polar surface area (TPSA) is 49.8 Å². The lowest BCUT2D eigenvalue weighted by Crippen LogP contribution is -2.49. The number of carbonyl (C=O) groups is 1. The molecule has 0 aromatic heterocycles. The maximum Gasteiger partial charge on any atom is 0.416 e. The van der Waals surface area contributed by atoms with Crippen LogP contribution >= 0.6 is 0 Å². The predicted molar refractivity (Wildman–Crippen MR) is 106 cm³/mol. The minimum absolute atomic E-state index is 0.0236. The van der Waals surface area contributed by atoms with Crippen molar-refractivity contribution in [3.05, 3.63) is 35.4 Å². The zero-order chi connectivity index (χ0) is 21.6. The fourth-order valence-electron chi connectivity index (χ4n) is 3.99. The maximum absolute atomic E-state index is 13.0. The van der Waals surface area contributed by atoms with E-state index in [-0.39, 0.29) is 18.4 Å². The van der Waals surface area contributed by atoms with E-state index in [2.05, 4.69) is 25.7 Å². The SMILES string of the molecule is CCCN(CCC(C)C)[C@@H]1CO[C@@H](CC(=O)O)C[C@H]1c1ccc(C(F)(F)F)cc1. The Morgan fingerprint density at radius 1 is 1.24 bits per heavy atom. The van der Waals surface area contributed by atoms with Crippen molar-refractivity contribution in [2.45, 2.75) is 70.7 Å². The fraction of sp³-hybridized carbons (Fsp3) is 0.682. The van der Waals surface area contributed by atoms with Gasteiger partial charge in [-0.15, -0.1) is 0 Å². The van der Waals surface area contributed by atoms with Gasteiger partial charge in [-0.2, -0.15) is 13.2 Å². The molecule has 0 amide bonds. The number of carboxylic acids is 1. The molecule has 2 rings (SSSR count). The molecule has 0 unspecified atom stereocenters. The van der Waals surface area contributed by atoms with Gasteiger partial charge in [0, 0.05) is 12.0 Å². The van der Waals surface area contributed by atoms with Gasteiger partial charge in [0.1, 0.15) is 0 Å². The van der Waals surface area contributed by atoms with Gasteiger partial charge in [-0.25, -0.2) is 0 Å². The van der Waals surface area contributed by atoms with Crippen LogP contribution in [0, 0.1) is 5.92 Å². The monoisotopic (exact) mass is 415 g/mol. The number of aliphatic carboxylic acids is 1. The summed E-state index contributed by atoms with van der Waals surface area (Å²) in [5.41, 5.74) is 0.143. The van der Waals surface area contributed by atoms with Gasteiger partial charge in [-0.1, -0.05) is 32.9 Å². The van der Waals surface area contributed by atoms with E-state index in [4.69, 9.17) is 9.84 Å². The van der Waals surface area contributed by atoms with E-state index < -0.39 is 23.8 Å². The Morgan fingerprint density at radius 3 is 2.41 bits per heavy atom. The highest BCUT2D eigenvalue weighted by Gasteiger charge is 2.37. The number of hydrogen-bond acceptors (Lipinski definition) is 3. The second kappa shape index (κ2) is 10.4. The third-order valence-corrected chi connectivity index (χ3v) is 5.53. The van der Waals surface area contributed by atoms with Crippen molar-refractivity contribution in [2.75, 3.05) is 19.7 Å². The van der Waals surface area contributed by atoms with Crippen LogP contribution < -0.4 is 0 Å². The molecule has 0 bridgehead atoms. The zero-order valence-corrected chi connectivity index (χ0v) is 17.4. The third kappa shape index (κ3) is 7.00. The summed E-state index contributed by atoms with van der Waals surface area (Å²) in [6.45, 7) is 8.59. The molecule has 7 heteroatoms. The first-order chi connectivity index (χ1) is 13.6. The molecule has 1 fully saturated rings. The van der Waals surface area contributed by atoms with Crippen molar-refractivity contribution >= 4 is 5.97 Å². The molecule has 4 nitrogen and oxygen atoms in total. The van der Waals surface area contributed by atoms with Crippen molar-refractivity contribution in [1.29, 1.82) is 0 Å². The Hall–Kier alpha value is -1.60. The highest BCUT2D eigenvalue weighted by molar-refractivity contribution is 5.67. The highest BCUT2D eigenvalue weighted by atomic mass is 19.4. The molecule has 0 saturated carbocycles. The van der Waals surface area contributed by atoms with Gasteiger partial charge in [0.2, 0.25) is 0 Å². The van der Waals surface area contributed by atoms with Crippen LogP contribution in [-0.4, -0.2) is 47.8 Å². The van der Waals surface area contributed by atoms with Crippen LogP contribution in [0.4, 0.5) is 13.2 Å². The minimum Gasteiger partial charge on any atom is -0.481 e. The van der Waals surface area contributed by atoms with E-state index in [0.717, 1.165) is 43.6 Å². The van der Waals surface area contributed by atoms with Crippen molar-refractivity contribution in [2.24, 2.45) is 5.92 Å². The first-order valence-electron chi connectivity index (χ1n) is 10.4. The van der Waals surface area contributed by atoms with Gasteiger partial charge >= 0.3 is 12.1 Å². The number of benzene rings is 1. The third-order valence-electron chi connectivity index (χ3n) is 5.53. The van der Waals surface area contributed by atoms with Crippen molar-refractivity contribution in [1.82, 2.24) is 4.90 Å². The average Bonchev–Trinajstić information content (AvgIpc) is 2.64. The number of nitrogens with zero attached hydrogens (tertiary/aromatic N) is 1. The molecule has 0 spiro atoms. The van der Waals surface area contributed by atoms with Crippen LogP contribution in [0.1, 0.15) is 63.5 Å². The summed E-state index contributed by atoms with van der Waals surface area (Å²) in [5, 5.41) is 9.14. The van der Waals surface area contributed by atoms with E-state index in [1.807, 2.05) is 0 Å². The van der Waals surface area contributed by atoms with Gasteiger partial charge in [-0.05, 0) is 56.0 Å². The second-order valence-electron chi connectivity index (χ2n) is 8.30. The number of ether oxygens (including phenoxy) is 1. The molecule has 1 aromatic carbocycles. The molecule has 0 aliphatic carbocycles. The van der Waals surface area contributed by atoms with E-state index in [1.54, 1.807) is 0 Å². The van der Waals surface area contributed by atoms with Crippen molar-refractivity contribution in [3.8, 4) is 0 Å². The van der Waals surface area contributed by atoms with Crippen molar-refractivity contribution < 1.29 is 27.8 Å². The van der Waals surface area contributed by atoms with Crippen LogP contribution in [0.3, 0.4) is 0 Å². The molecule has 1 aromatic rings. The lowest BCUT2D eigenvalue weighted by molar-refractivity contribution is -0.142. The molecule has 1 aliphatic rings. The molecule has 1 aliphatic heterocycles. The van der Waals surface area contributed by atoms with Crippen LogP contribution in [0.25, 0.3) is 0 Å². The largest absolute Gasteiger partial charge is 0.481 e. The first kappa shape index (κ1) is 23.7.